The van der Waals surface area contributed by atoms with Crippen LogP contribution in [0.3, 0.4) is 0 Å². The lowest BCUT2D eigenvalue weighted by atomic mass is 10.0. The summed E-state index contributed by atoms with van der Waals surface area (Å²) in [5, 5.41) is 0.169. The second-order valence-corrected chi connectivity index (χ2v) is 6.38. The quantitative estimate of drug-likeness (QED) is 0.574. The normalized spacial score (nSPS) is 15.3. The zero-order chi connectivity index (χ0) is 19.7. The highest BCUT2D eigenvalue weighted by atomic mass is 35.5. The molecule has 1 atom stereocenters. The van der Waals surface area contributed by atoms with Gasteiger partial charge in [0.15, 0.2) is 11.9 Å². The van der Waals surface area contributed by atoms with Gasteiger partial charge in [0, 0.05) is 11.6 Å². The van der Waals surface area contributed by atoms with Crippen LogP contribution in [0.4, 0.5) is 4.39 Å². The number of hydrogen-bond donors (Lipinski definition) is 0. The molecule has 2 aromatic rings. The van der Waals surface area contributed by atoms with E-state index in [4.69, 9.17) is 21.1 Å². The number of halogens is 2. The molecule has 27 heavy (non-hydrogen) atoms. The summed E-state index contributed by atoms with van der Waals surface area (Å²) in [5.41, 5.74) is 1.03. The van der Waals surface area contributed by atoms with E-state index in [0.717, 1.165) is 0 Å². The molecule has 2 aromatic carbocycles. The average Bonchev–Trinajstić information content (AvgIpc) is 2.93. The summed E-state index contributed by atoms with van der Waals surface area (Å²) in [6.45, 7) is 3.26. The number of methoxy groups -OCH3 is 1. The predicted molar refractivity (Wildman–Crippen MR) is 97.6 cm³/mol. The van der Waals surface area contributed by atoms with Gasteiger partial charge in [0.05, 0.1) is 17.7 Å². The minimum Gasteiger partial charge on any atom is -0.479 e. The summed E-state index contributed by atoms with van der Waals surface area (Å²) >= 11 is 6.01. The molecule has 1 heterocycles. The minimum atomic E-state index is -0.822. The zero-order valence-corrected chi connectivity index (χ0v) is 15.6. The molecule has 0 aromatic heterocycles. The number of Topliss-reactive ketones (excluding diaryl/α,β-unsaturated/α-hetero) is 1. The molecule has 0 saturated carbocycles. The molecule has 1 aliphatic rings. The maximum absolute atomic E-state index is 14.0. The Labute approximate surface area is 160 Å². The van der Waals surface area contributed by atoms with E-state index in [1.54, 1.807) is 19.9 Å². The molecule has 0 amide bonds. The van der Waals surface area contributed by atoms with E-state index in [0.29, 0.717) is 16.9 Å². The maximum Gasteiger partial charge on any atom is 0.346 e. The molecule has 0 aliphatic carbocycles. The van der Waals surface area contributed by atoms with Crippen LogP contribution >= 0.6 is 11.6 Å². The van der Waals surface area contributed by atoms with Gasteiger partial charge >= 0.3 is 5.97 Å². The molecule has 5 nitrogen and oxygen atoms in total. The van der Waals surface area contributed by atoms with Gasteiger partial charge in [-0.25, -0.2) is 9.18 Å². The first-order valence-corrected chi connectivity index (χ1v) is 8.47. The van der Waals surface area contributed by atoms with Crippen molar-refractivity contribution >= 4 is 29.4 Å². The number of benzene rings is 2. The van der Waals surface area contributed by atoms with Crippen molar-refractivity contribution in [3.8, 4) is 11.5 Å². The fourth-order valence-electron chi connectivity index (χ4n) is 2.74. The van der Waals surface area contributed by atoms with Gasteiger partial charge in [-0.15, -0.1) is 0 Å². The number of esters is 1. The molecule has 0 saturated heterocycles. The lowest BCUT2D eigenvalue weighted by Gasteiger charge is -2.13. The molecule has 0 radical (unpaired) electrons. The first-order chi connectivity index (χ1) is 12.8. The van der Waals surface area contributed by atoms with Crippen LogP contribution in [-0.4, -0.2) is 25.0 Å². The Hall–Kier alpha value is -2.86. The molecular weight excluding hydrogens is 375 g/mol. The predicted octanol–water partition coefficient (Wildman–Crippen LogP) is 4.34. The van der Waals surface area contributed by atoms with Crippen molar-refractivity contribution in [3.05, 3.63) is 63.6 Å². The molecule has 0 N–H and O–H groups in total. The van der Waals surface area contributed by atoms with E-state index in [1.807, 2.05) is 0 Å². The van der Waals surface area contributed by atoms with Crippen molar-refractivity contribution in [2.45, 2.75) is 20.0 Å². The zero-order valence-electron chi connectivity index (χ0n) is 14.8. The van der Waals surface area contributed by atoms with E-state index < -0.39 is 17.9 Å². The van der Waals surface area contributed by atoms with Gasteiger partial charge in [-0.05, 0) is 43.7 Å². The number of carbonyl (C=O) groups is 2. The van der Waals surface area contributed by atoms with Crippen molar-refractivity contribution in [1.82, 2.24) is 0 Å². The Kier molecular flexibility index (Phi) is 5.19. The first kappa shape index (κ1) is 18.9. The Bertz CT molecular complexity index is 947. The second-order valence-electron chi connectivity index (χ2n) is 5.97. The summed E-state index contributed by atoms with van der Waals surface area (Å²) in [6, 6.07) is 7.37. The van der Waals surface area contributed by atoms with Crippen LogP contribution < -0.4 is 9.47 Å². The van der Waals surface area contributed by atoms with Gasteiger partial charge in [-0.1, -0.05) is 17.7 Å². The lowest BCUT2D eigenvalue weighted by molar-refractivity contribution is -0.147. The number of ether oxygens (including phenoxy) is 3. The third-order valence-electron chi connectivity index (χ3n) is 4.06. The topological polar surface area (TPSA) is 61.8 Å². The summed E-state index contributed by atoms with van der Waals surface area (Å²) < 4.78 is 29.8. The fraction of sp³-hybridized carbons (Fsp3) is 0.200. The number of rotatable bonds is 4. The number of hydrogen-bond acceptors (Lipinski definition) is 5. The monoisotopic (exact) mass is 390 g/mol. The van der Waals surface area contributed by atoms with Crippen molar-refractivity contribution in [1.29, 1.82) is 0 Å². The van der Waals surface area contributed by atoms with Crippen molar-refractivity contribution in [2.75, 3.05) is 7.11 Å². The third kappa shape index (κ3) is 3.66. The second kappa shape index (κ2) is 7.40. The van der Waals surface area contributed by atoms with Crippen molar-refractivity contribution in [2.24, 2.45) is 0 Å². The van der Waals surface area contributed by atoms with Crippen molar-refractivity contribution < 1.29 is 28.2 Å². The highest BCUT2D eigenvalue weighted by Crippen LogP contribution is 2.38. The minimum absolute atomic E-state index is 0.0433. The smallest absolute Gasteiger partial charge is 0.346 e. The van der Waals surface area contributed by atoms with Crippen LogP contribution in [-0.2, 0) is 9.53 Å². The highest BCUT2D eigenvalue weighted by molar-refractivity contribution is 6.32. The molecule has 3 rings (SSSR count). The van der Waals surface area contributed by atoms with E-state index in [2.05, 4.69) is 4.74 Å². The molecular formula is C20H16ClFO5. The molecule has 0 fully saturated rings. The maximum atomic E-state index is 14.0. The number of ketones is 1. The van der Waals surface area contributed by atoms with Crippen LogP contribution in [0, 0.1) is 12.7 Å². The molecule has 7 heteroatoms. The van der Waals surface area contributed by atoms with Gasteiger partial charge < -0.3 is 14.2 Å². The molecule has 1 aliphatic heterocycles. The van der Waals surface area contributed by atoms with Gasteiger partial charge in [0.2, 0.25) is 5.78 Å². The van der Waals surface area contributed by atoms with Crippen LogP contribution in [0.2, 0.25) is 5.02 Å². The Morgan fingerprint density at radius 2 is 2.07 bits per heavy atom. The number of carbonyl (C=O) groups excluding carboxylic acids is 2. The van der Waals surface area contributed by atoms with Gasteiger partial charge in [-0.2, -0.15) is 0 Å². The van der Waals surface area contributed by atoms with Crippen LogP contribution in [0.5, 0.6) is 11.5 Å². The van der Waals surface area contributed by atoms with Crippen molar-refractivity contribution in [3.63, 3.8) is 0 Å². The van der Waals surface area contributed by atoms with Gasteiger partial charge in [0.1, 0.15) is 17.3 Å². The SMILES string of the molecule is COC(=O)C(C)Oc1cc(C)c2c(c1)O/C(=C\c1c(F)cccc1Cl)C2=O. The standard InChI is InChI=1S/C20H16ClFO5/c1-10-7-12(26-11(2)20(24)25-3)8-16-18(10)19(23)17(27-16)9-13-14(21)5-4-6-15(13)22/h4-9,11H,1-3H3/b17-9-. The number of fused-ring (bicyclic) bond motifs is 1. The van der Waals surface area contributed by atoms with E-state index in [9.17, 15) is 14.0 Å². The summed E-state index contributed by atoms with van der Waals surface area (Å²) in [6.07, 6.45) is 0.452. The fourth-order valence-corrected chi connectivity index (χ4v) is 2.96. The lowest BCUT2D eigenvalue weighted by Crippen LogP contribution is -2.24. The average molecular weight is 391 g/mol. The van der Waals surface area contributed by atoms with Crippen LogP contribution in [0.15, 0.2) is 36.1 Å². The molecule has 1 unspecified atom stereocenters. The largest absolute Gasteiger partial charge is 0.479 e. The number of aryl methyl sites for hydroxylation is 1. The van der Waals surface area contributed by atoms with Crippen LogP contribution in [0.25, 0.3) is 6.08 Å². The summed E-state index contributed by atoms with van der Waals surface area (Å²) in [5.74, 6) is -0.893. The summed E-state index contributed by atoms with van der Waals surface area (Å²) in [4.78, 5) is 24.2. The van der Waals surface area contributed by atoms with E-state index in [-0.39, 0.29) is 27.9 Å². The third-order valence-corrected chi connectivity index (χ3v) is 4.39. The highest BCUT2D eigenvalue weighted by Gasteiger charge is 2.31. The van der Waals surface area contributed by atoms with E-state index in [1.165, 1.54) is 37.5 Å². The van der Waals surface area contributed by atoms with Gasteiger partial charge in [-0.3, -0.25) is 4.79 Å². The molecule has 0 spiro atoms. The van der Waals surface area contributed by atoms with E-state index >= 15 is 0 Å². The first-order valence-electron chi connectivity index (χ1n) is 8.09. The molecule has 140 valence electrons. The molecule has 0 bridgehead atoms. The Balaban J connectivity index is 1.94. The Morgan fingerprint density at radius 1 is 1.33 bits per heavy atom. The Morgan fingerprint density at radius 3 is 2.74 bits per heavy atom. The van der Waals surface area contributed by atoms with Gasteiger partial charge in [0.25, 0.3) is 0 Å². The number of allylic oxidation sites excluding steroid dienone is 1. The van der Waals surface area contributed by atoms with Crippen LogP contribution in [0.1, 0.15) is 28.4 Å². The summed E-state index contributed by atoms with van der Waals surface area (Å²) in [7, 11) is 1.27.